The van der Waals surface area contributed by atoms with Gasteiger partial charge in [-0.1, -0.05) is 158 Å². The maximum absolute atomic E-state index is 2.54. The molecule has 8 aromatic carbocycles. The van der Waals surface area contributed by atoms with E-state index in [1.807, 2.05) is 0 Å². The summed E-state index contributed by atoms with van der Waals surface area (Å²) in [5, 5.41) is 2.55. The van der Waals surface area contributed by atoms with E-state index >= 15 is 0 Å². The van der Waals surface area contributed by atoms with E-state index in [0.717, 1.165) is 12.8 Å². The summed E-state index contributed by atoms with van der Waals surface area (Å²) in [5.74, 6) is 0. The normalized spacial score (nSPS) is 12.5. The number of hydrogen-bond donors (Lipinski definition) is 0. The first-order valence-electron chi connectivity index (χ1n) is 17.9. The van der Waals surface area contributed by atoms with Gasteiger partial charge in [0.15, 0.2) is 0 Å². The predicted octanol–water partition coefficient (Wildman–Crippen LogP) is 12.9. The third-order valence-electron chi connectivity index (χ3n) is 11.3. The van der Waals surface area contributed by atoms with Crippen molar-refractivity contribution in [2.75, 3.05) is 0 Å². The van der Waals surface area contributed by atoms with Crippen LogP contribution in [0.4, 0.5) is 0 Å². The second-order valence-electron chi connectivity index (χ2n) is 14.0. The van der Waals surface area contributed by atoms with Crippen LogP contribution in [0.1, 0.15) is 22.3 Å². The Morgan fingerprint density at radius 2 is 0.843 bits per heavy atom. The quantitative estimate of drug-likeness (QED) is 0.179. The lowest BCUT2D eigenvalue weighted by molar-refractivity contribution is 1.12. The van der Waals surface area contributed by atoms with Crippen LogP contribution in [0.2, 0.25) is 0 Å². The largest absolute Gasteiger partial charge is 0.309 e. The Balaban J connectivity index is 1.08. The second-order valence-corrected chi connectivity index (χ2v) is 14.0. The molecule has 0 fully saturated rings. The van der Waals surface area contributed by atoms with E-state index in [1.54, 1.807) is 0 Å². The van der Waals surface area contributed by atoms with Gasteiger partial charge < -0.3 is 4.57 Å². The second kappa shape index (κ2) is 11.0. The summed E-state index contributed by atoms with van der Waals surface area (Å²) in [6, 6.07) is 65.2. The maximum Gasteiger partial charge on any atom is 0.0547 e. The van der Waals surface area contributed by atoms with Crippen LogP contribution in [0, 0.1) is 0 Å². The fourth-order valence-electron chi connectivity index (χ4n) is 8.91. The topological polar surface area (TPSA) is 4.93 Å². The van der Waals surface area contributed by atoms with Gasteiger partial charge in [0.1, 0.15) is 0 Å². The van der Waals surface area contributed by atoms with Gasteiger partial charge in [-0.3, -0.25) is 0 Å². The number of fused-ring (bicyclic) bond motifs is 9. The van der Waals surface area contributed by atoms with Gasteiger partial charge in [0.05, 0.1) is 16.7 Å². The zero-order chi connectivity index (χ0) is 33.5. The molecule has 0 amide bonds. The SMILES string of the molecule is c1ccc(-c2ccc3c4ccc(-c5ccccc5)cc4n(-c4cccc5c4Cc4cc(-c6cccc7c6Cc6ccccc6-7)ccc4-5)c3c2)cc1. The van der Waals surface area contributed by atoms with Crippen LogP contribution in [0.5, 0.6) is 0 Å². The van der Waals surface area contributed by atoms with E-state index in [2.05, 4.69) is 180 Å². The van der Waals surface area contributed by atoms with E-state index in [1.165, 1.54) is 105 Å². The van der Waals surface area contributed by atoms with Crippen LogP contribution < -0.4 is 0 Å². The molecular weight excluding hydrogens is 615 g/mol. The Labute approximate surface area is 297 Å². The monoisotopic (exact) mass is 647 g/mol. The Morgan fingerprint density at radius 1 is 0.314 bits per heavy atom. The summed E-state index contributed by atoms with van der Waals surface area (Å²) < 4.78 is 2.54. The minimum atomic E-state index is 0.905. The Bertz CT molecular complexity index is 2740. The molecule has 1 heteroatoms. The Hall–Kier alpha value is -6.44. The molecule has 1 heterocycles. The molecule has 0 unspecified atom stereocenters. The lowest BCUT2D eigenvalue weighted by atomic mass is 9.93. The van der Waals surface area contributed by atoms with Gasteiger partial charge in [0.25, 0.3) is 0 Å². The van der Waals surface area contributed by atoms with Crippen molar-refractivity contribution in [1.82, 2.24) is 4.57 Å². The molecule has 0 bridgehead atoms. The first-order valence-corrected chi connectivity index (χ1v) is 17.9. The summed E-state index contributed by atoms with van der Waals surface area (Å²) in [7, 11) is 0. The van der Waals surface area contributed by atoms with Crippen molar-refractivity contribution >= 4 is 21.8 Å². The molecule has 2 aliphatic carbocycles. The van der Waals surface area contributed by atoms with Gasteiger partial charge in [-0.2, -0.15) is 0 Å². The lowest BCUT2D eigenvalue weighted by Crippen LogP contribution is -1.99. The van der Waals surface area contributed by atoms with Crippen molar-refractivity contribution in [3.05, 3.63) is 198 Å². The molecule has 51 heavy (non-hydrogen) atoms. The van der Waals surface area contributed by atoms with E-state index < -0.39 is 0 Å². The third kappa shape index (κ3) is 4.35. The molecule has 238 valence electrons. The highest BCUT2D eigenvalue weighted by atomic mass is 15.0. The van der Waals surface area contributed by atoms with Gasteiger partial charge in [-0.25, -0.2) is 0 Å². The zero-order valence-electron chi connectivity index (χ0n) is 28.1. The van der Waals surface area contributed by atoms with Crippen molar-refractivity contribution in [3.8, 4) is 61.3 Å². The molecule has 0 atom stereocenters. The standard InChI is InChI=1S/C50H33N/c1-3-11-32(12-4-1)34-21-25-44-45-26-22-35(33-13-5-2-6-14-33)31-50(45)51(49(44)30-34)48-20-10-19-43-41-24-23-37(27-38(41)29-47(43)48)40-17-9-18-42-39-16-8-7-15-36(39)28-46(40)42/h1-27,30-31H,28-29H2. The first-order chi connectivity index (χ1) is 25.3. The average molecular weight is 648 g/mol. The maximum atomic E-state index is 2.54. The highest BCUT2D eigenvalue weighted by Crippen LogP contribution is 2.46. The minimum Gasteiger partial charge on any atom is -0.309 e. The molecule has 1 nitrogen and oxygen atoms in total. The van der Waals surface area contributed by atoms with Crippen LogP contribution in [0.15, 0.2) is 176 Å². The molecule has 0 spiro atoms. The highest BCUT2D eigenvalue weighted by molar-refractivity contribution is 6.11. The minimum absolute atomic E-state index is 0.905. The highest BCUT2D eigenvalue weighted by Gasteiger charge is 2.26. The molecule has 2 aliphatic rings. The number of rotatable bonds is 4. The van der Waals surface area contributed by atoms with Gasteiger partial charge in [0.2, 0.25) is 0 Å². The van der Waals surface area contributed by atoms with Crippen LogP contribution in [0.25, 0.3) is 83.1 Å². The zero-order valence-corrected chi connectivity index (χ0v) is 28.1. The van der Waals surface area contributed by atoms with Crippen LogP contribution in [-0.2, 0) is 12.8 Å². The van der Waals surface area contributed by atoms with Crippen LogP contribution in [-0.4, -0.2) is 4.57 Å². The summed E-state index contributed by atoms with van der Waals surface area (Å²) in [5.41, 5.74) is 22.4. The fraction of sp³-hybridized carbons (Fsp3) is 0.0400. The van der Waals surface area contributed by atoms with Crippen molar-refractivity contribution < 1.29 is 0 Å². The van der Waals surface area contributed by atoms with E-state index in [4.69, 9.17) is 0 Å². The lowest BCUT2D eigenvalue weighted by Gasteiger charge is -2.14. The van der Waals surface area contributed by atoms with E-state index in [-0.39, 0.29) is 0 Å². The van der Waals surface area contributed by atoms with Gasteiger partial charge in [-0.05, 0) is 103 Å². The Morgan fingerprint density at radius 3 is 1.55 bits per heavy atom. The van der Waals surface area contributed by atoms with Crippen molar-refractivity contribution in [2.45, 2.75) is 12.8 Å². The predicted molar refractivity (Wildman–Crippen MR) is 214 cm³/mol. The summed E-state index contributed by atoms with van der Waals surface area (Å²) in [4.78, 5) is 0. The van der Waals surface area contributed by atoms with Gasteiger partial charge >= 0.3 is 0 Å². The summed E-state index contributed by atoms with van der Waals surface area (Å²) in [6.45, 7) is 0. The van der Waals surface area contributed by atoms with Crippen LogP contribution >= 0.6 is 0 Å². The number of hydrogen-bond acceptors (Lipinski definition) is 0. The molecular formula is C50H33N. The molecule has 0 saturated carbocycles. The van der Waals surface area contributed by atoms with Gasteiger partial charge in [0, 0.05) is 17.2 Å². The third-order valence-corrected chi connectivity index (χ3v) is 11.3. The molecule has 11 rings (SSSR count). The Kier molecular flexibility index (Phi) is 6.15. The summed E-state index contributed by atoms with van der Waals surface area (Å²) >= 11 is 0. The molecule has 0 aliphatic heterocycles. The summed E-state index contributed by atoms with van der Waals surface area (Å²) in [6.07, 6.45) is 1.90. The first kappa shape index (κ1) is 28.4. The van der Waals surface area contributed by atoms with Crippen molar-refractivity contribution in [1.29, 1.82) is 0 Å². The number of aromatic nitrogens is 1. The van der Waals surface area contributed by atoms with Crippen LogP contribution in [0.3, 0.4) is 0 Å². The molecule has 0 N–H and O–H groups in total. The van der Waals surface area contributed by atoms with Gasteiger partial charge in [-0.15, -0.1) is 0 Å². The fourth-order valence-corrected chi connectivity index (χ4v) is 8.91. The van der Waals surface area contributed by atoms with E-state index in [0.29, 0.717) is 0 Å². The number of benzene rings is 8. The number of nitrogens with zero attached hydrogens (tertiary/aromatic N) is 1. The van der Waals surface area contributed by atoms with Crippen molar-refractivity contribution in [3.63, 3.8) is 0 Å². The smallest absolute Gasteiger partial charge is 0.0547 e. The molecule has 0 radical (unpaired) electrons. The van der Waals surface area contributed by atoms with Crippen molar-refractivity contribution in [2.24, 2.45) is 0 Å². The molecule has 1 aromatic heterocycles. The molecule has 0 saturated heterocycles. The van der Waals surface area contributed by atoms with E-state index in [9.17, 15) is 0 Å². The molecule has 9 aromatic rings. The average Bonchev–Trinajstić information content (AvgIpc) is 3.87.